The SMILES string of the molecule is COc1ccc2ccn(CCn3ccc(C(N)=O)n3)c2c1. The first-order valence-electron chi connectivity index (χ1n) is 6.63. The Kier molecular flexibility index (Phi) is 3.35. The van der Waals surface area contributed by atoms with Gasteiger partial charge in [-0.25, -0.2) is 0 Å². The van der Waals surface area contributed by atoms with Gasteiger partial charge in [0.05, 0.1) is 19.2 Å². The molecule has 1 aromatic carbocycles. The number of carbonyl (C=O) groups excluding carboxylic acids is 1. The van der Waals surface area contributed by atoms with Crippen LogP contribution in [0, 0.1) is 0 Å². The van der Waals surface area contributed by atoms with Crippen LogP contribution in [0.3, 0.4) is 0 Å². The topological polar surface area (TPSA) is 75.1 Å². The first-order valence-corrected chi connectivity index (χ1v) is 6.63. The molecule has 0 radical (unpaired) electrons. The van der Waals surface area contributed by atoms with Crippen molar-refractivity contribution < 1.29 is 9.53 Å². The second-order valence-corrected chi connectivity index (χ2v) is 4.76. The zero-order valence-electron chi connectivity index (χ0n) is 11.7. The Hall–Kier alpha value is -2.76. The summed E-state index contributed by atoms with van der Waals surface area (Å²) in [7, 11) is 1.66. The van der Waals surface area contributed by atoms with Crippen LogP contribution in [0.25, 0.3) is 10.9 Å². The van der Waals surface area contributed by atoms with Crippen LogP contribution in [0.2, 0.25) is 0 Å². The monoisotopic (exact) mass is 284 g/mol. The fraction of sp³-hybridized carbons (Fsp3) is 0.200. The number of carbonyl (C=O) groups is 1. The molecule has 21 heavy (non-hydrogen) atoms. The maximum absolute atomic E-state index is 11.0. The number of primary amides is 1. The molecule has 3 rings (SSSR count). The van der Waals surface area contributed by atoms with Crippen molar-refractivity contribution in [3.05, 3.63) is 48.4 Å². The van der Waals surface area contributed by atoms with E-state index in [1.165, 1.54) is 0 Å². The Balaban J connectivity index is 1.79. The molecule has 0 saturated carbocycles. The summed E-state index contributed by atoms with van der Waals surface area (Å²) in [5.74, 6) is 0.322. The summed E-state index contributed by atoms with van der Waals surface area (Å²) >= 11 is 0. The van der Waals surface area contributed by atoms with Gasteiger partial charge in [0, 0.05) is 25.0 Å². The number of aryl methyl sites for hydroxylation is 2. The highest BCUT2D eigenvalue weighted by Crippen LogP contribution is 2.21. The van der Waals surface area contributed by atoms with Gasteiger partial charge in [0.1, 0.15) is 11.4 Å². The third-order valence-corrected chi connectivity index (χ3v) is 3.44. The van der Waals surface area contributed by atoms with Crippen LogP contribution in [-0.2, 0) is 13.1 Å². The van der Waals surface area contributed by atoms with E-state index in [9.17, 15) is 4.79 Å². The van der Waals surface area contributed by atoms with Gasteiger partial charge in [-0.05, 0) is 29.7 Å². The molecule has 0 spiro atoms. The number of amides is 1. The molecule has 0 aliphatic carbocycles. The van der Waals surface area contributed by atoms with Crippen LogP contribution < -0.4 is 10.5 Å². The molecule has 108 valence electrons. The first-order chi connectivity index (χ1) is 10.2. The molecule has 0 aliphatic rings. The predicted molar refractivity (Wildman–Crippen MR) is 79.2 cm³/mol. The number of benzene rings is 1. The highest BCUT2D eigenvalue weighted by atomic mass is 16.5. The second-order valence-electron chi connectivity index (χ2n) is 4.76. The van der Waals surface area contributed by atoms with Gasteiger partial charge in [-0.3, -0.25) is 9.48 Å². The van der Waals surface area contributed by atoms with E-state index in [4.69, 9.17) is 10.5 Å². The van der Waals surface area contributed by atoms with E-state index in [0.717, 1.165) is 23.2 Å². The normalized spacial score (nSPS) is 10.9. The average Bonchev–Trinajstić information content (AvgIpc) is 3.11. The minimum atomic E-state index is -0.509. The molecule has 3 aromatic rings. The molecule has 0 saturated heterocycles. The fourth-order valence-corrected chi connectivity index (χ4v) is 2.31. The number of ether oxygens (including phenoxy) is 1. The molecule has 2 heterocycles. The van der Waals surface area contributed by atoms with Gasteiger partial charge in [-0.15, -0.1) is 0 Å². The van der Waals surface area contributed by atoms with E-state index in [2.05, 4.69) is 15.7 Å². The Bertz CT molecular complexity index is 788. The van der Waals surface area contributed by atoms with Crippen molar-refractivity contribution >= 4 is 16.8 Å². The lowest BCUT2D eigenvalue weighted by Gasteiger charge is -2.07. The molecule has 0 aliphatic heterocycles. The summed E-state index contributed by atoms with van der Waals surface area (Å²) in [6.45, 7) is 1.41. The van der Waals surface area contributed by atoms with E-state index < -0.39 is 5.91 Å². The van der Waals surface area contributed by atoms with E-state index in [1.807, 2.05) is 24.4 Å². The molecule has 6 heteroatoms. The molecular formula is C15H16N4O2. The van der Waals surface area contributed by atoms with Gasteiger partial charge < -0.3 is 15.0 Å². The predicted octanol–water partition coefficient (Wildman–Crippen LogP) is 1.65. The summed E-state index contributed by atoms with van der Waals surface area (Å²) in [5, 5.41) is 5.29. The molecule has 0 atom stereocenters. The van der Waals surface area contributed by atoms with Gasteiger partial charge in [0.2, 0.25) is 0 Å². The number of aromatic nitrogens is 3. The van der Waals surface area contributed by atoms with E-state index in [0.29, 0.717) is 6.54 Å². The summed E-state index contributed by atoms with van der Waals surface area (Å²) in [4.78, 5) is 11.0. The molecule has 2 aromatic heterocycles. The van der Waals surface area contributed by atoms with Crippen molar-refractivity contribution in [3.63, 3.8) is 0 Å². The smallest absolute Gasteiger partial charge is 0.269 e. The maximum atomic E-state index is 11.0. The van der Waals surface area contributed by atoms with Crippen molar-refractivity contribution in [2.45, 2.75) is 13.1 Å². The summed E-state index contributed by atoms with van der Waals surface area (Å²) in [6, 6.07) is 9.67. The third kappa shape index (κ3) is 2.60. The number of hydrogen-bond donors (Lipinski definition) is 1. The highest BCUT2D eigenvalue weighted by Gasteiger charge is 2.06. The van der Waals surface area contributed by atoms with Crippen LogP contribution in [0.15, 0.2) is 42.7 Å². The van der Waals surface area contributed by atoms with Crippen molar-refractivity contribution in [1.29, 1.82) is 0 Å². The number of nitrogens with zero attached hydrogens (tertiary/aromatic N) is 3. The molecule has 6 nitrogen and oxygen atoms in total. The van der Waals surface area contributed by atoms with Gasteiger partial charge >= 0.3 is 0 Å². The van der Waals surface area contributed by atoms with Crippen molar-refractivity contribution in [1.82, 2.24) is 14.3 Å². The van der Waals surface area contributed by atoms with Gasteiger partial charge in [-0.2, -0.15) is 5.10 Å². The maximum Gasteiger partial charge on any atom is 0.269 e. The Labute approximate surface area is 121 Å². The zero-order chi connectivity index (χ0) is 14.8. The average molecular weight is 284 g/mol. The lowest BCUT2D eigenvalue weighted by Crippen LogP contribution is -2.13. The molecular weight excluding hydrogens is 268 g/mol. The number of nitrogens with two attached hydrogens (primary N) is 1. The number of rotatable bonds is 5. The zero-order valence-corrected chi connectivity index (χ0v) is 11.7. The van der Waals surface area contributed by atoms with Crippen LogP contribution in [0.5, 0.6) is 5.75 Å². The van der Waals surface area contributed by atoms with Gasteiger partial charge in [0.15, 0.2) is 0 Å². The van der Waals surface area contributed by atoms with Crippen LogP contribution in [0.1, 0.15) is 10.5 Å². The van der Waals surface area contributed by atoms with Gasteiger partial charge in [-0.1, -0.05) is 0 Å². The van der Waals surface area contributed by atoms with Gasteiger partial charge in [0.25, 0.3) is 5.91 Å². The fourth-order valence-electron chi connectivity index (χ4n) is 2.31. The third-order valence-electron chi connectivity index (χ3n) is 3.44. The lowest BCUT2D eigenvalue weighted by atomic mass is 10.2. The standard InChI is InChI=1S/C15H16N4O2/c1-21-12-3-2-11-4-6-18(14(11)10-12)8-9-19-7-5-13(17-19)15(16)20/h2-7,10H,8-9H2,1H3,(H2,16,20). The summed E-state index contributed by atoms with van der Waals surface area (Å²) < 4.78 is 9.10. The van der Waals surface area contributed by atoms with Crippen molar-refractivity contribution in [2.75, 3.05) is 7.11 Å². The van der Waals surface area contributed by atoms with E-state index >= 15 is 0 Å². The summed E-state index contributed by atoms with van der Waals surface area (Å²) in [5.41, 5.74) is 6.58. The Morgan fingerprint density at radius 2 is 2.10 bits per heavy atom. The molecule has 0 bridgehead atoms. The van der Waals surface area contributed by atoms with Crippen molar-refractivity contribution in [2.24, 2.45) is 5.73 Å². The van der Waals surface area contributed by atoms with Crippen molar-refractivity contribution in [3.8, 4) is 5.75 Å². The minimum Gasteiger partial charge on any atom is -0.497 e. The van der Waals surface area contributed by atoms with Crippen LogP contribution in [-0.4, -0.2) is 27.4 Å². The second kappa shape index (κ2) is 5.32. The molecule has 0 unspecified atom stereocenters. The van der Waals surface area contributed by atoms with E-state index in [1.54, 1.807) is 24.1 Å². The quantitative estimate of drug-likeness (QED) is 0.774. The Morgan fingerprint density at radius 3 is 2.81 bits per heavy atom. The van der Waals surface area contributed by atoms with Crippen LogP contribution >= 0.6 is 0 Å². The number of hydrogen-bond acceptors (Lipinski definition) is 3. The lowest BCUT2D eigenvalue weighted by molar-refractivity contribution is 0.0994. The largest absolute Gasteiger partial charge is 0.497 e. The molecule has 2 N–H and O–H groups in total. The minimum absolute atomic E-state index is 0.286. The molecule has 0 fully saturated rings. The summed E-state index contributed by atoms with van der Waals surface area (Å²) in [6.07, 6.45) is 3.79. The highest BCUT2D eigenvalue weighted by molar-refractivity contribution is 5.90. The first kappa shape index (κ1) is 13.2. The molecule has 1 amide bonds. The van der Waals surface area contributed by atoms with E-state index in [-0.39, 0.29) is 5.69 Å². The van der Waals surface area contributed by atoms with Crippen LogP contribution in [0.4, 0.5) is 0 Å². The Morgan fingerprint density at radius 1 is 1.24 bits per heavy atom. The number of fused-ring (bicyclic) bond motifs is 1. The number of methoxy groups -OCH3 is 1.